The molecule has 3 aromatic carbocycles. The summed E-state index contributed by atoms with van der Waals surface area (Å²) in [7, 11) is 0. The van der Waals surface area contributed by atoms with E-state index in [1.807, 2.05) is 91.0 Å². The van der Waals surface area contributed by atoms with Crippen LogP contribution in [-0.4, -0.2) is 35.8 Å². The van der Waals surface area contributed by atoms with Gasteiger partial charge in [0.25, 0.3) is 5.91 Å². The minimum absolute atomic E-state index is 0.0378. The van der Waals surface area contributed by atoms with Gasteiger partial charge in [0.1, 0.15) is 6.04 Å². The van der Waals surface area contributed by atoms with E-state index in [-0.39, 0.29) is 23.9 Å². The van der Waals surface area contributed by atoms with Crippen molar-refractivity contribution < 1.29 is 9.59 Å². The lowest BCUT2D eigenvalue weighted by atomic mass is 9.98. The second kappa shape index (κ2) is 10.0. The lowest BCUT2D eigenvalue weighted by Crippen LogP contribution is -2.48. The monoisotopic (exact) mass is 413 g/mol. The third-order valence-electron chi connectivity index (χ3n) is 5.67. The Balaban J connectivity index is 1.42. The second-order valence-corrected chi connectivity index (χ2v) is 7.82. The highest BCUT2D eigenvalue weighted by Gasteiger charge is 2.31. The molecule has 4 rings (SSSR count). The first-order chi connectivity index (χ1) is 15.2. The molecule has 3 aromatic rings. The molecule has 1 fully saturated rings. The zero-order chi connectivity index (χ0) is 21.5. The number of carbonyl (C=O) groups is 2. The predicted octanol–water partition coefficient (Wildman–Crippen LogP) is 4.26. The van der Waals surface area contributed by atoms with Gasteiger partial charge >= 0.3 is 0 Å². The molecule has 2 N–H and O–H groups in total. The summed E-state index contributed by atoms with van der Waals surface area (Å²) < 4.78 is 0. The van der Waals surface area contributed by atoms with E-state index in [0.29, 0.717) is 5.56 Å². The summed E-state index contributed by atoms with van der Waals surface area (Å²) in [5, 5.41) is 6.19. The van der Waals surface area contributed by atoms with Gasteiger partial charge in [0.15, 0.2) is 0 Å². The molecular weight excluding hydrogens is 386 g/mol. The van der Waals surface area contributed by atoms with Crippen molar-refractivity contribution in [1.29, 1.82) is 0 Å². The number of rotatable bonds is 6. The first-order valence-corrected chi connectivity index (χ1v) is 10.7. The lowest BCUT2D eigenvalue weighted by molar-refractivity contribution is -0.122. The summed E-state index contributed by atoms with van der Waals surface area (Å²) in [6.07, 6.45) is 1.61. The molecule has 158 valence electrons. The van der Waals surface area contributed by atoms with Crippen LogP contribution in [0.25, 0.3) is 0 Å². The molecule has 0 saturated carbocycles. The van der Waals surface area contributed by atoms with Crippen LogP contribution in [0.4, 0.5) is 5.69 Å². The van der Waals surface area contributed by atoms with Gasteiger partial charge < -0.3 is 10.6 Å². The number of hydrogen-bond donors (Lipinski definition) is 2. The quantitative estimate of drug-likeness (QED) is 0.635. The Morgan fingerprint density at radius 2 is 1.32 bits per heavy atom. The van der Waals surface area contributed by atoms with Crippen molar-refractivity contribution >= 4 is 17.5 Å². The van der Waals surface area contributed by atoms with Crippen molar-refractivity contribution in [2.24, 2.45) is 0 Å². The SMILES string of the molecule is O=C(NC1CCN([C@H](C(=O)Nc2ccccc2)c2ccccc2)CC1)c1ccccc1. The van der Waals surface area contributed by atoms with E-state index in [1.165, 1.54) is 0 Å². The molecule has 1 atom stereocenters. The molecule has 0 aliphatic carbocycles. The molecule has 0 aromatic heterocycles. The van der Waals surface area contributed by atoms with E-state index in [2.05, 4.69) is 15.5 Å². The maximum atomic E-state index is 13.2. The van der Waals surface area contributed by atoms with Crippen LogP contribution in [0.15, 0.2) is 91.0 Å². The van der Waals surface area contributed by atoms with E-state index in [9.17, 15) is 9.59 Å². The van der Waals surface area contributed by atoms with Crippen LogP contribution in [0.2, 0.25) is 0 Å². The van der Waals surface area contributed by atoms with Crippen molar-refractivity contribution in [1.82, 2.24) is 10.2 Å². The first kappa shape index (κ1) is 20.8. The van der Waals surface area contributed by atoms with Gasteiger partial charge in [0, 0.05) is 30.4 Å². The van der Waals surface area contributed by atoms with E-state index in [0.717, 1.165) is 37.2 Å². The smallest absolute Gasteiger partial charge is 0.251 e. The number of nitrogens with one attached hydrogen (secondary N) is 2. The van der Waals surface area contributed by atoms with Gasteiger partial charge in [-0.2, -0.15) is 0 Å². The highest BCUT2D eigenvalue weighted by atomic mass is 16.2. The van der Waals surface area contributed by atoms with E-state index < -0.39 is 0 Å². The maximum Gasteiger partial charge on any atom is 0.251 e. The van der Waals surface area contributed by atoms with E-state index in [1.54, 1.807) is 0 Å². The minimum atomic E-state index is -0.368. The third-order valence-corrected chi connectivity index (χ3v) is 5.67. The molecule has 1 aliphatic rings. The zero-order valence-corrected chi connectivity index (χ0v) is 17.4. The maximum absolute atomic E-state index is 13.2. The summed E-state index contributed by atoms with van der Waals surface area (Å²) in [5.41, 5.74) is 2.44. The summed E-state index contributed by atoms with van der Waals surface area (Å²) >= 11 is 0. The van der Waals surface area contributed by atoms with Crippen LogP contribution in [0.1, 0.15) is 34.8 Å². The Morgan fingerprint density at radius 1 is 0.774 bits per heavy atom. The van der Waals surface area contributed by atoms with Gasteiger partial charge in [0.05, 0.1) is 0 Å². The second-order valence-electron chi connectivity index (χ2n) is 7.82. The molecule has 2 amide bonds. The number of piperidine rings is 1. The highest BCUT2D eigenvalue weighted by molar-refractivity contribution is 5.95. The van der Waals surface area contributed by atoms with Crippen molar-refractivity contribution in [3.05, 3.63) is 102 Å². The molecule has 5 heteroatoms. The Labute approximate surface area is 183 Å². The van der Waals surface area contributed by atoms with Crippen LogP contribution in [0, 0.1) is 0 Å². The normalized spacial score (nSPS) is 15.7. The summed E-state index contributed by atoms with van der Waals surface area (Å²) in [6, 6.07) is 28.4. The summed E-state index contributed by atoms with van der Waals surface area (Å²) in [4.78, 5) is 27.9. The molecule has 1 saturated heterocycles. The van der Waals surface area contributed by atoms with Crippen molar-refractivity contribution in [3.63, 3.8) is 0 Å². The number of hydrogen-bond acceptors (Lipinski definition) is 3. The van der Waals surface area contributed by atoms with Crippen LogP contribution in [-0.2, 0) is 4.79 Å². The molecule has 0 bridgehead atoms. The molecule has 0 unspecified atom stereocenters. The highest BCUT2D eigenvalue weighted by Crippen LogP contribution is 2.26. The van der Waals surface area contributed by atoms with Gasteiger partial charge in [-0.1, -0.05) is 66.7 Å². The van der Waals surface area contributed by atoms with Crippen LogP contribution >= 0.6 is 0 Å². The van der Waals surface area contributed by atoms with Gasteiger partial charge in [-0.05, 0) is 42.7 Å². The van der Waals surface area contributed by atoms with E-state index >= 15 is 0 Å². The van der Waals surface area contributed by atoms with Crippen LogP contribution in [0.5, 0.6) is 0 Å². The fraction of sp³-hybridized carbons (Fsp3) is 0.231. The number of anilines is 1. The number of benzene rings is 3. The van der Waals surface area contributed by atoms with E-state index in [4.69, 9.17) is 0 Å². The largest absolute Gasteiger partial charge is 0.349 e. The third kappa shape index (κ3) is 5.38. The number of amides is 2. The fourth-order valence-electron chi connectivity index (χ4n) is 4.06. The van der Waals surface area contributed by atoms with Gasteiger partial charge in [-0.15, -0.1) is 0 Å². The van der Waals surface area contributed by atoms with Crippen LogP contribution < -0.4 is 10.6 Å². The molecule has 1 aliphatic heterocycles. The van der Waals surface area contributed by atoms with Gasteiger partial charge in [0.2, 0.25) is 5.91 Å². The van der Waals surface area contributed by atoms with Crippen molar-refractivity contribution in [3.8, 4) is 0 Å². The predicted molar refractivity (Wildman–Crippen MR) is 123 cm³/mol. The number of nitrogens with zero attached hydrogens (tertiary/aromatic N) is 1. The molecule has 0 radical (unpaired) electrons. The van der Waals surface area contributed by atoms with Crippen molar-refractivity contribution in [2.45, 2.75) is 24.9 Å². The Hall–Kier alpha value is -3.44. The van der Waals surface area contributed by atoms with Crippen molar-refractivity contribution in [2.75, 3.05) is 18.4 Å². The average Bonchev–Trinajstić information content (AvgIpc) is 2.82. The molecule has 5 nitrogen and oxygen atoms in total. The fourth-order valence-corrected chi connectivity index (χ4v) is 4.06. The Kier molecular flexibility index (Phi) is 6.75. The standard InChI is InChI=1S/C26H27N3O2/c30-25(21-12-6-2-7-13-21)27-23-16-18-29(19-17-23)24(20-10-4-1-5-11-20)26(31)28-22-14-8-3-9-15-22/h1-15,23-24H,16-19H2,(H,27,30)(H,28,31)/t24-/m0/s1. The first-order valence-electron chi connectivity index (χ1n) is 10.7. The molecular formula is C26H27N3O2. The van der Waals surface area contributed by atoms with Gasteiger partial charge in [-0.3, -0.25) is 14.5 Å². The Bertz CT molecular complexity index is 985. The van der Waals surface area contributed by atoms with Gasteiger partial charge in [-0.25, -0.2) is 0 Å². The Morgan fingerprint density at radius 3 is 1.94 bits per heavy atom. The van der Waals surface area contributed by atoms with Crippen LogP contribution in [0.3, 0.4) is 0 Å². The zero-order valence-electron chi connectivity index (χ0n) is 17.4. The topological polar surface area (TPSA) is 61.4 Å². The molecule has 31 heavy (non-hydrogen) atoms. The number of carbonyl (C=O) groups excluding carboxylic acids is 2. The average molecular weight is 414 g/mol. The molecule has 0 spiro atoms. The number of para-hydroxylation sites is 1. The molecule has 1 heterocycles. The number of likely N-dealkylation sites (tertiary alicyclic amines) is 1. The minimum Gasteiger partial charge on any atom is -0.349 e. The summed E-state index contributed by atoms with van der Waals surface area (Å²) in [6.45, 7) is 1.48. The summed E-state index contributed by atoms with van der Waals surface area (Å²) in [5.74, 6) is -0.0790. The lowest BCUT2D eigenvalue weighted by Gasteiger charge is -2.37.